The van der Waals surface area contributed by atoms with Crippen molar-refractivity contribution < 1.29 is 14.6 Å². The highest BCUT2D eigenvalue weighted by atomic mass is 16.5. The fraction of sp³-hybridized carbons (Fsp3) is 0.917. The second kappa shape index (κ2) is 6.11. The van der Waals surface area contributed by atoms with E-state index in [9.17, 15) is 9.90 Å². The molecule has 1 fully saturated rings. The van der Waals surface area contributed by atoms with Crippen LogP contribution in [0, 0.1) is 11.8 Å². The summed E-state index contributed by atoms with van der Waals surface area (Å²) in [7, 11) is 1.37. The van der Waals surface area contributed by atoms with Crippen molar-refractivity contribution in [1.82, 2.24) is 0 Å². The van der Waals surface area contributed by atoms with Gasteiger partial charge >= 0.3 is 5.97 Å². The van der Waals surface area contributed by atoms with Gasteiger partial charge in [-0.15, -0.1) is 0 Å². The van der Waals surface area contributed by atoms with Gasteiger partial charge in [0, 0.05) is 0 Å². The third kappa shape index (κ3) is 3.82. The van der Waals surface area contributed by atoms with Gasteiger partial charge in [-0.1, -0.05) is 32.1 Å². The van der Waals surface area contributed by atoms with Crippen LogP contribution in [0.4, 0.5) is 0 Å². The minimum atomic E-state index is -0.541. The first-order chi connectivity index (χ1) is 7.15. The van der Waals surface area contributed by atoms with E-state index in [-0.39, 0.29) is 5.97 Å². The average Bonchev–Trinajstić information content (AvgIpc) is 2.28. The maximum atomic E-state index is 11.2. The van der Waals surface area contributed by atoms with Crippen LogP contribution < -0.4 is 0 Å². The van der Waals surface area contributed by atoms with Crippen molar-refractivity contribution in [3.05, 3.63) is 0 Å². The average molecular weight is 214 g/mol. The van der Waals surface area contributed by atoms with Gasteiger partial charge in [0.15, 0.2) is 0 Å². The zero-order chi connectivity index (χ0) is 11.3. The van der Waals surface area contributed by atoms with Gasteiger partial charge in [-0.2, -0.15) is 0 Å². The fourth-order valence-corrected chi connectivity index (χ4v) is 2.31. The maximum absolute atomic E-state index is 11.2. The summed E-state index contributed by atoms with van der Waals surface area (Å²) in [5.74, 6) is -0.101. The first kappa shape index (κ1) is 12.5. The Kier molecular flexibility index (Phi) is 5.09. The molecule has 0 saturated heterocycles. The molecule has 0 aromatic carbocycles. The summed E-state index contributed by atoms with van der Waals surface area (Å²) in [6.45, 7) is 1.74. The number of rotatable bonds is 4. The van der Waals surface area contributed by atoms with Gasteiger partial charge in [0.05, 0.1) is 19.1 Å². The second-order valence-electron chi connectivity index (χ2n) is 4.62. The Morgan fingerprint density at radius 1 is 1.40 bits per heavy atom. The van der Waals surface area contributed by atoms with E-state index in [1.54, 1.807) is 6.92 Å². The SMILES string of the molecule is COC(=O)C(C)C(O)CC1CCCCC1. The Labute approximate surface area is 91.8 Å². The molecule has 2 unspecified atom stereocenters. The molecule has 1 saturated carbocycles. The van der Waals surface area contributed by atoms with Crippen LogP contribution in [0.15, 0.2) is 0 Å². The molecule has 3 nitrogen and oxygen atoms in total. The monoisotopic (exact) mass is 214 g/mol. The summed E-state index contributed by atoms with van der Waals surface area (Å²) in [5, 5.41) is 9.87. The predicted molar refractivity (Wildman–Crippen MR) is 58.4 cm³/mol. The van der Waals surface area contributed by atoms with Crippen LogP contribution in [0.25, 0.3) is 0 Å². The van der Waals surface area contributed by atoms with Gasteiger partial charge in [-0.25, -0.2) is 0 Å². The first-order valence-corrected chi connectivity index (χ1v) is 5.91. The number of aliphatic hydroxyl groups excluding tert-OH is 1. The molecule has 1 rings (SSSR count). The number of methoxy groups -OCH3 is 1. The normalized spacial score (nSPS) is 22.1. The van der Waals surface area contributed by atoms with E-state index < -0.39 is 12.0 Å². The zero-order valence-electron chi connectivity index (χ0n) is 9.74. The lowest BCUT2D eigenvalue weighted by molar-refractivity contribution is -0.149. The second-order valence-corrected chi connectivity index (χ2v) is 4.62. The Balaban J connectivity index is 2.32. The molecule has 0 amide bonds. The van der Waals surface area contributed by atoms with E-state index in [1.165, 1.54) is 39.2 Å². The number of ether oxygens (including phenoxy) is 1. The van der Waals surface area contributed by atoms with Crippen molar-refractivity contribution >= 4 is 5.97 Å². The molecule has 0 spiro atoms. The molecule has 1 N–H and O–H groups in total. The van der Waals surface area contributed by atoms with E-state index in [1.807, 2.05) is 0 Å². The van der Waals surface area contributed by atoms with E-state index >= 15 is 0 Å². The van der Waals surface area contributed by atoms with Crippen molar-refractivity contribution in [3.63, 3.8) is 0 Å². The Bertz CT molecular complexity index is 197. The fourth-order valence-electron chi connectivity index (χ4n) is 2.31. The minimum Gasteiger partial charge on any atom is -0.469 e. The van der Waals surface area contributed by atoms with E-state index in [2.05, 4.69) is 4.74 Å². The highest BCUT2D eigenvalue weighted by Crippen LogP contribution is 2.28. The van der Waals surface area contributed by atoms with E-state index in [4.69, 9.17) is 0 Å². The van der Waals surface area contributed by atoms with Crippen molar-refractivity contribution in [1.29, 1.82) is 0 Å². The first-order valence-electron chi connectivity index (χ1n) is 5.91. The minimum absolute atomic E-state index is 0.307. The van der Waals surface area contributed by atoms with Gasteiger partial charge in [-0.3, -0.25) is 4.79 Å². The molecular weight excluding hydrogens is 192 g/mol. The van der Waals surface area contributed by atoms with Crippen LogP contribution in [-0.4, -0.2) is 24.3 Å². The summed E-state index contributed by atoms with van der Waals surface area (Å²) in [6.07, 6.45) is 6.46. The van der Waals surface area contributed by atoms with Crippen LogP contribution in [0.3, 0.4) is 0 Å². The maximum Gasteiger partial charge on any atom is 0.311 e. The molecule has 88 valence electrons. The molecule has 3 heteroatoms. The summed E-state index contributed by atoms with van der Waals surface area (Å²) < 4.78 is 4.62. The van der Waals surface area contributed by atoms with Crippen molar-refractivity contribution in [2.24, 2.45) is 11.8 Å². The van der Waals surface area contributed by atoms with Gasteiger partial charge < -0.3 is 9.84 Å². The third-order valence-electron chi connectivity index (χ3n) is 3.45. The van der Waals surface area contributed by atoms with Crippen molar-refractivity contribution in [3.8, 4) is 0 Å². The standard InChI is InChI=1S/C12H22O3/c1-9(12(14)15-2)11(13)8-10-6-4-3-5-7-10/h9-11,13H,3-8H2,1-2H3. The molecule has 0 radical (unpaired) electrons. The molecule has 2 atom stereocenters. The van der Waals surface area contributed by atoms with Crippen LogP contribution in [0.1, 0.15) is 45.4 Å². The summed E-state index contributed by atoms with van der Waals surface area (Å²) in [6, 6.07) is 0. The molecule has 0 aromatic rings. The lowest BCUT2D eigenvalue weighted by Crippen LogP contribution is -2.29. The summed E-state index contributed by atoms with van der Waals surface area (Å²) in [4.78, 5) is 11.2. The van der Waals surface area contributed by atoms with Crippen molar-refractivity contribution in [2.45, 2.75) is 51.6 Å². The summed E-state index contributed by atoms with van der Waals surface area (Å²) in [5.41, 5.74) is 0. The number of carbonyl (C=O) groups is 1. The van der Waals surface area contributed by atoms with Gasteiger partial charge in [0.25, 0.3) is 0 Å². The molecule has 15 heavy (non-hydrogen) atoms. The topological polar surface area (TPSA) is 46.5 Å². The van der Waals surface area contributed by atoms with Gasteiger partial charge in [0.1, 0.15) is 0 Å². The number of carbonyl (C=O) groups excluding carboxylic acids is 1. The number of hydrogen-bond acceptors (Lipinski definition) is 3. The van der Waals surface area contributed by atoms with E-state index in [0.29, 0.717) is 5.92 Å². The number of hydrogen-bond donors (Lipinski definition) is 1. The quantitative estimate of drug-likeness (QED) is 0.729. The molecule has 1 aliphatic rings. The van der Waals surface area contributed by atoms with E-state index in [0.717, 1.165) is 6.42 Å². The van der Waals surface area contributed by atoms with Crippen LogP contribution in [0.2, 0.25) is 0 Å². The Morgan fingerprint density at radius 2 is 2.00 bits per heavy atom. The van der Waals surface area contributed by atoms with Crippen LogP contribution >= 0.6 is 0 Å². The largest absolute Gasteiger partial charge is 0.469 e. The molecule has 0 heterocycles. The number of aliphatic hydroxyl groups is 1. The summed E-state index contributed by atoms with van der Waals surface area (Å²) >= 11 is 0. The Hall–Kier alpha value is -0.570. The smallest absolute Gasteiger partial charge is 0.311 e. The van der Waals surface area contributed by atoms with Gasteiger partial charge in [-0.05, 0) is 19.3 Å². The van der Waals surface area contributed by atoms with Gasteiger partial charge in [0.2, 0.25) is 0 Å². The predicted octanol–water partition coefficient (Wildman–Crippen LogP) is 2.13. The lowest BCUT2D eigenvalue weighted by Gasteiger charge is -2.25. The zero-order valence-corrected chi connectivity index (χ0v) is 9.74. The highest BCUT2D eigenvalue weighted by molar-refractivity contribution is 5.72. The molecular formula is C12H22O3. The molecule has 0 aromatic heterocycles. The Morgan fingerprint density at radius 3 is 2.53 bits per heavy atom. The lowest BCUT2D eigenvalue weighted by atomic mass is 9.83. The third-order valence-corrected chi connectivity index (χ3v) is 3.45. The van der Waals surface area contributed by atoms with Crippen LogP contribution in [-0.2, 0) is 9.53 Å². The molecule has 0 bridgehead atoms. The molecule has 1 aliphatic carbocycles. The van der Waals surface area contributed by atoms with Crippen molar-refractivity contribution in [2.75, 3.05) is 7.11 Å². The highest BCUT2D eigenvalue weighted by Gasteiger charge is 2.26. The van der Waals surface area contributed by atoms with Crippen LogP contribution in [0.5, 0.6) is 0 Å². The molecule has 0 aliphatic heterocycles. The number of esters is 1.